The minimum Gasteiger partial charge on any atom is -0.478 e. The van der Waals surface area contributed by atoms with Crippen LogP contribution < -0.4 is 0 Å². The van der Waals surface area contributed by atoms with Gasteiger partial charge in [-0.2, -0.15) is 0 Å². The molecule has 0 aromatic heterocycles. The average molecular weight is 286 g/mol. The Bertz CT molecular complexity index is 403. The quantitative estimate of drug-likeness (QED) is 0.619. The second-order valence-corrected chi connectivity index (χ2v) is 3.85. The molecule has 0 saturated heterocycles. The molecule has 1 aromatic rings. The van der Waals surface area contributed by atoms with Gasteiger partial charge in [-0.15, -0.1) is 0 Å². The van der Waals surface area contributed by atoms with Crippen molar-refractivity contribution in [1.82, 2.24) is 0 Å². The minimum absolute atomic E-state index is 0.190. The number of hydrogen-bond donors (Lipinski definition) is 4. The molecule has 4 N–H and O–H groups in total. The highest BCUT2D eigenvalue weighted by atomic mass is 16.5. The van der Waals surface area contributed by atoms with Gasteiger partial charge in [0.15, 0.2) is 0 Å². The van der Waals surface area contributed by atoms with Crippen molar-refractivity contribution in [2.45, 2.75) is 19.1 Å². The van der Waals surface area contributed by atoms with Gasteiger partial charge in [0.2, 0.25) is 0 Å². The summed E-state index contributed by atoms with van der Waals surface area (Å²) >= 11 is 0. The summed E-state index contributed by atoms with van der Waals surface area (Å²) in [5, 5.41) is 34.2. The molecule has 2 atom stereocenters. The summed E-state index contributed by atoms with van der Waals surface area (Å²) in [6.07, 6.45) is -1.03. The number of benzene rings is 1. The zero-order valence-electron chi connectivity index (χ0n) is 11.2. The number of aliphatic hydroxyl groups excluding tert-OH is 2. The summed E-state index contributed by atoms with van der Waals surface area (Å²) in [4.78, 5) is 20.9. The molecule has 0 bridgehead atoms. The van der Waals surface area contributed by atoms with Gasteiger partial charge in [0.05, 0.1) is 23.8 Å². The van der Waals surface area contributed by atoms with Gasteiger partial charge in [-0.3, -0.25) is 0 Å². The highest BCUT2D eigenvalue weighted by Gasteiger charge is 2.13. The Morgan fingerprint density at radius 3 is 1.75 bits per heavy atom. The van der Waals surface area contributed by atoms with E-state index in [4.69, 9.17) is 25.2 Å². The van der Waals surface area contributed by atoms with Crippen LogP contribution in [0.5, 0.6) is 0 Å². The number of carboxylic acid groups (broad SMARTS) is 2. The molecular formula is C13H18O7. The first-order valence-electron chi connectivity index (χ1n) is 5.72. The lowest BCUT2D eigenvalue weighted by atomic mass is 10.1. The second-order valence-electron chi connectivity index (χ2n) is 3.85. The fourth-order valence-electron chi connectivity index (χ4n) is 1.16. The van der Waals surface area contributed by atoms with E-state index in [1.54, 1.807) is 6.92 Å². The molecule has 0 radical (unpaired) electrons. The van der Waals surface area contributed by atoms with Gasteiger partial charge < -0.3 is 25.2 Å². The normalized spacial score (nSPS) is 12.8. The molecule has 0 fully saturated rings. The van der Waals surface area contributed by atoms with Crippen molar-refractivity contribution < 1.29 is 34.8 Å². The van der Waals surface area contributed by atoms with Crippen molar-refractivity contribution >= 4 is 11.9 Å². The number of hydrogen-bond acceptors (Lipinski definition) is 5. The predicted octanol–water partition coefficient (Wildman–Crippen LogP) is 0.457. The molecule has 0 aliphatic heterocycles. The number of ether oxygens (including phenoxy) is 1. The number of methoxy groups -OCH3 is 1. The summed E-state index contributed by atoms with van der Waals surface area (Å²) in [7, 11) is 1.49. The van der Waals surface area contributed by atoms with E-state index in [1.807, 2.05) is 0 Å². The van der Waals surface area contributed by atoms with E-state index in [0.717, 1.165) is 0 Å². The maximum absolute atomic E-state index is 10.5. The van der Waals surface area contributed by atoms with Crippen molar-refractivity contribution in [3.8, 4) is 0 Å². The number of aliphatic hydroxyl groups is 2. The van der Waals surface area contributed by atoms with Crippen LogP contribution in [0.2, 0.25) is 0 Å². The summed E-state index contributed by atoms with van der Waals surface area (Å²) in [6, 6.07) is 5.48. The van der Waals surface area contributed by atoms with E-state index in [0.29, 0.717) is 0 Å². The van der Waals surface area contributed by atoms with Crippen molar-refractivity contribution in [2.75, 3.05) is 13.7 Å². The van der Waals surface area contributed by atoms with Gasteiger partial charge in [-0.25, -0.2) is 9.59 Å². The molecule has 0 aliphatic carbocycles. The SMILES string of the molecule is COC(C)C(O)CO.O=C(O)c1ccccc1C(=O)O. The molecule has 2 unspecified atom stereocenters. The highest BCUT2D eigenvalue weighted by molar-refractivity contribution is 6.01. The van der Waals surface area contributed by atoms with E-state index in [1.165, 1.54) is 31.4 Å². The van der Waals surface area contributed by atoms with Crippen molar-refractivity contribution in [3.63, 3.8) is 0 Å². The van der Waals surface area contributed by atoms with E-state index in [9.17, 15) is 9.59 Å². The molecule has 112 valence electrons. The fraction of sp³-hybridized carbons (Fsp3) is 0.385. The van der Waals surface area contributed by atoms with Crippen LogP contribution in [0.4, 0.5) is 0 Å². The van der Waals surface area contributed by atoms with E-state index < -0.39 is 18.0 Å². The molecule has 0 aliphatic rings. The van der Waals surface area contributed by atoms with Crippen LogP contribution in [0.1, 0.15) is 27.6 Å². The smallest absolute Gasteiger partial charge is 0.336 e. The maximum Gasteiger partial charge on any atom is 0.336 e. The van der Waals surface area contributed by atoms with Crippen molar-refractivity contribution in [1.29, 1.82) is 0 Å². The van der Waals surface area contributed by atoms with Gasteiger partial charge in [0.1, 0.15) is 6.10 Å². The number of carboxylic acids is 2. The van der Waals surface area contributed by atoms with Gasteiger partial charge in [-0.05, 0) is 19.1 Å². The average Bonchev–Trinajstić information content (AvgIpc) is 2.46. The van der Waals surface area contributed by atoms with E-state index >= 15 is 0 Å². The Kier molecular flexibility index (Phi) is 8.14. The molecule has 7 nitrogen and oxygen atoms in total. The van der Waals surface area contributed by atoms with Crippen LogP contribution in [0.3, 0.4) is 0 Å². The van der Waals surface area contributed by atoms with Gasteiger partial charge in [0, 0.05) is 7.11 Å². The third-order valence-electron chi connectivity index (χ3n) is 2.49. The minimum atomic E-state index is -1.23. The largest absolute Gasteiger partial charge is 0.478 e. The topological polar surface area (TPSA) is 124 Å². The first-order valence-corrected chi connectivity index (χ1v) is 5.72. The number of rotatable bonds is 5. The van der Waals surface area contributed by atoms with Crippen LogP contribution in [0.15, 0.2) is 24.3 Å². The zero-order valence-corrected chi connectivity index (χ0v) is 11.2. The molecule has 0 spiro atoms. The Morgan fingerprint density at radius 1 is 1.15 bits per heavy atom. The Hall–Kier alpha value is -1.96. The molecule has 1 aromatic carbocycles. The molecule has 20 heavy (non-hydrogen) atoms. The van der Waals surface area contributed by atoms with Crippen molar-refractivity contribution in [3.05, 3.63) is 35.4 Å². The molecule has 0 amide bonds. The Labute approximate surface area is 116 Å². The van der Waals surface area contributed by atoms with Crippen LogP contribution in [0.25, 0.3) is 0 Å². The first kappa shape index (κ1) is 18.0. The third-order valence-corrected chi connectivity index (χ3v) is 2.49. The third kappa shape index (κ3) is 5.79. The molecule has 0 heterocycles. The molecule has 1 rings (SSSR count). The van der Waals surface area contributed by atoms with E-state index in [2.05, 4.69) is 0 Å². The van der Waals surface area contributed by atoms with Gasteiger partial charge in [-0.1, -0.05) is 12.1 Å². The lowest BCUT2D eigenvalue weighted by molar-refractivity contribution is -0.0276. The van der Waals surface area contributed by atoms with Gasteiger partial charge >= 0.3 is 11.9 Å². The van der Waals surface area contributed by atoms with Crippen molar-refractivity contribution in [2.24, 2.45) is 0 Å². The monoisotopic (exact) mass is 286 g/mol. The Balaban J connectivity index is 0.000000396. The van der Waals surface area contributed by atoms with Crippen LogP contribution in [-0.4, -0.2) is 58.3 Å². The fourth-order valence-corrected chi connectivity index (χ4v) is 1.16. The summed E-state index contributed by atoms with van der Waals surface area (Å²) in [6.45, 7) is 1.45. The zero-order chi connectivity index (χ0) is 15.7. The first-order chi connectivity index (χ1) is 9.34. The number of carbonyl (C=O) groups is 2. The standard InChI is InChI=1S/C8H6O4.C5H12O3/c9-7(10)5-3-1-2-4-6(5)8(11)12;1-4(8-2)5(7)3-6/h1-4H,(H,9,10)(H,11,12);4-7H,3H2,1-2H3. The maximum atomic E-state index is 10.5. The molecule has 7 heteroatoms. The summed E-state index contributed by atoms with van der Waals surface area (Å²) in [5.74, 6) is -2.46. The highest BCUT2D eigenvalue weighted by Crippen LogP contribution is 2.07. The van der Waals surface area contributed by atoms with E-state index in [-0.39, 0.29) is 23.8 Å². The summed E-state index contributed by atoms with van der Waals surface area (Å²) in [5.41, 5.74) is -0.380. The molecule has 0 saturated carbocycles. The second kappa shape index (κ2) is 9.03. The van der Waals surface area contributed by atoms with Crippen LogP contribution in [-0.2, 0) is 4.74 Å². The number of aromatic carboxylic acids is 2. The summed E-state index contributed by atoms with van der Waals surface area (Å²) < 4.78 is 4.69. The van der Waals surface area contributed by atoms with Crippen LogP contribution >= 0.6 is 0 Å². The lowest BCUT2D eigenvalue weighted by Crippen LogP contribution is -2.27. The molecular weight excluding hydrogens is 268 g/mol. The van der Waals surface area contributed by atoms with Crippen LogP contribution in [0, 0.1) is 0 Å². The lowest BCUT2D eigenvalue weighted by Gasteiger charge is -2.13. The Morgan fingerprint density at radius 2 is 1.55 bits per heavy atom. The van der Waals surface area contributed by atoms with Gasteiger partial charge in [0.25, 0.3) is 0 Å². The predicted molar refractivity (Wildman–Crippen MR) is 69.9 cm³/mol.